The molecular weight excluding hydrogens is 177 g/mol. The van der Waals surface area contributed by atoms with E-state index in [9.17, 15) is 26.1 Å². The topological polar surface area (TPSA) is 9.23 Å². The van der Waals surface area contributed by atoms with Gasteiger partial charge in [-0.05, 0) is 0 Å². The molecule has 8 heteroatoms. The van der Waals surface area contributed by atoms with Crippen LogP contribution in [-0.2, 0) is 4.74 Å². The Hall–Kier alpha value is -0.395. The minimum Gasteiger partial charge on any atom is -0.447 e. The van der Waals surface area contributed by atoms with Gasteiger partial charge in [-0.15, -0.1) is 0 Å². The summed E-state index contributed by atoms with van der Waals surface area (Å²) >= 11 is 0. The molecule has 0 saturated carbocycles. The van der Waals surface area contributed by atoms with E-state index >= 15 is 0 Å². The normalized spacial score (nSPS) is 13.6. The average molecular weight is 181 g/mol. The summed E-state index contributed by atoms with van der Waals surface area (Å²) in [6, 6.07) is 0. The Morgan fingerprint density at radius 2 is 1.55 bits per heavy atom. The molecule has 0 aliphatic heterocycles. The Bertz CT molecular complexity index is 102. The number of hydrogen-bond acceptors (Lipinski definition) is 1. The van der Waals surface area contributed by atoms with Crippen LogP contribution in [0, 0.1) is 0 Å². The molecule has 0 amide bonds. The summed E-state index contributed by atoms with van der Waals surface area (Å²) in [5.41, 5.74) is 0. The van der Waals surface area contributed by atoms with E-state index in [4.69, 9.17) is 0 Å². The fourth-order valence-electron chi connectivity index (χ4n) is 0.308. The minimum atomic E-state index is -5.28. The lowest BCUT2D eigenvalue weighted by Crippen LogP contribution is -2.28. The molecule has 0 radical (unpaired) electrons. The van der Waals surface area contributed by atoms with Gasteiger partial charge in [0.2, 0.25) is 0 Å². The van der Waals surface area contributed by atoms with Gasteiger partial charge >= 0.3 is 13.2 Å². The van der Waals surface area contributed by atoms with Crippen LogP contribution in [0.15, 0.2) is 0 Å². The van der Waals surface area contributed by atoms with E-state index in [0.717, 1.165) is 0 Å². The van der Waals surface area contributed by atoms with Crippen LogP contribution >= 0.6 is 0 Å². The van der Waals surface area contributed by atoms with Crippen molar-refractivity contribution in [2.45, 2.75) is 6.18 Å². The van der Waals surface area contributed by atoms with Crippen LogP contribution in [0.3, 0.4) is 0 Å². The molecule has 0 fully saturated rings. The van der Waals surface area contributed by atoms with E-state index in [-0.39, 0.29) is 0 Å². The highest BCUT2D eigenvalue weighted by Crippen LogP contribution is 2.16. The predicted octanol–water partition coefficient (Wildman–Crippen LogP) is 1.95. The first kappa shape index (κ1) is 10.6. The first-order chi connectivity index (χ1) is 4.71. The van der Waals surface area contributed by atoms with Crippen molar-refractivity contribution in [1.82, 2.24) is 0 Å². The Morgan fingerprint density at radius 3 is 1.82 bits per heavy atom. The quantitative estimate of drug-likeness (QED) is 0.477. The third-order valence-electron chi connectivity index (χ3n) is 0.573. The second-order valence-corrected chi connectivity index (χ2v) is 1.84. The molecular formula is C3H4BF6O-. The standard InChI is InChI=1S/C3H4BF6O/c5-3(6,7)1-11-2-4(8,9)10/h1-2H2/q-1. The number of ether oxygens (including phenoxy) is 1. The Balaban J connectivity index is 3.44. The molecule has 0 bridgehead atoms. The van der Waals surface area contributed by atoms with E-state index < -0.39 is 26.3 Å². The van der Waals surface area contributed by atoms with Crippen LogP contribution in [0.1, 0.15) is 0 Å². The maximum Gasteiger partial charge on any atom is 0.503 e. The van der Waals surface area contributed by atoms with Gasteiger partial charge in [-0.2, -0.15) is 13.2 Å². The average Bonchev–Trinajstić information content (AvgIpc) is 1.55. The van der Waals surface area contributed by atoms with Crippen molar-refractivity contribution in [1.29, 1.82) is 0 Å². The van der Waals surface area contributed by atoms with Crippen LogP contribution in [0.4, 0.5) is 26.1 Å². The minimum absolute atomic E-state index is 1.81. The molecule has 0 atom stereocenters. The molecule has 0 spiro atoms. The highest BCUT2D eigenvalue weighted by atomic mass is 19.4. The molecule has 68 valence electrons. The maximum atomic E-state index is 11.2. The van der Waals surface area contributed by atoms with Gasteiger partial charge in [0, 0.05) is 6.51 Å². The first-order valence-electron chi connectivity index (χ1n) is 2.56. The summed E-state index contributed by atoms with van der Waals surface area (Å²) in [6.07, 6.45) is -4.69. The summed E-state index contributed by atoms with van der Waals surface area (Å²) in [6.45, 7) is -8.94. The number of halogens is 6. The monoisotopic (exact) mass is 181 g/mol. The van der Waals surface area contributed by atoms with E-state index in [1.165, 1.54) is 0 Å². The molecule has 0 heterocycles. The molecule has 0 saturated heterocycles. The third kappa shape index (κ3) is 9.60. The third-order valence-corrected chi connectivity index (χ3v) is 0.573. The second kappa shape index (κ2) is 3.33. The Kier molecular flexibility index (Phi) is 3.21. The van der Waals surface area contributed by atoms with E-state index in [2.05, 4.69) is 4.74 Å². The van der Waals surface area contributed by atoms with Crippen LogP contribution in [-0.4, -0.2) is 26.3 Å². The molecule has 0 aliphatic rings. The molecule has 0 N–H and O–H groups in total. The number of alkyl halides is 3. The van der Waals surface area contributed by atoms with Crippen molar-refractivity contribution in [3.05, 3.63) is 0 Å². The molecule has 0 rings (SSSR count). The molecule has 0 unspecified atom stereocenters. The van der Waals surface area contributed by atoms with E-state index in [1.807, 2.05) is 0 Å². The van der Waals surface area contributed by atoms with Crippen LogP contribution in [0.25, 0.3) is 0 Å². The van der Waals surface area contributed by atoms with Crippen molar-refractivity contribution in [2.24, 2.45) is 0 Å². The second-order valence-electron chi connectivity index (χ2n) is 1.84. The van der Waals surface area contributed by atoms with Crippen molar-refractivity contribution < 1.29 is 30.9 Å². The largest absolute Gasteiger partial charge is 0.503 e. The van der Waals surface area contributed by atoms with Crippen molar-refractivity contribution in [2.75, 3.05) is 13.1 Å². The number of hydrogen-bond donors (Lipinski definition) is 0. The van der Waals surface area contributed by atoms with Crippen LogP contribution in [0.2, 0.25) is 0 Å². The highest BCUT2D eigenvalue weighted by Gasteiger charge is 2.30. The zero-order chi connectivity index (χ0) is 9.12. The van der Waals surface area contributed by atoms with E-state index in [1.54, 1.807) is 0 Å². The molecule has 0 aromatic rings. The molecule has 0 aromatic carbocycles. The summed E-state index contributed by atoms with van der Waals surface area (Å²) < 4.78 is 70.4. The van der Waals surface area contributed by atoms with Gasteiger partial charge < -0.3 is 17.7 Å². The van der Waals surface area contributed by atoms with E-state index in [0.29, 0.717) is 0 Å². The Morgan fingerprint density at radius 1 is 1.09 bits per heavy atom. The van der Waals surface area contributed by atoms with Crippen LogP contribution < -0.4 is 0 Å². The summed E-state index contributed by atoms with van der Waals surface area (Å²) in [4.78, 5) is 0. The van der Waals surface area contributed by atoms with Gasteiger partial charge in [0.25, 0.3) is 0 Å². The van der Waals surface area contributed by atoms with Crippen molar-refractivity contribution >= 4 is 6.98 Å². The van der Waals surface area contributed by atoms with Gasteiger partial charge in [-0.3, -0.25) is 0 Å². The predicted molar refractivity (Wildman–Crippen MR) is 26.0 cm³/mol. The summed E-state index contributed by atoms with van der Waals surface area (Å²) in [7, 11) is 0. The zero-order valence-electron chi connectivity index (χ0n) is 5.17. The first-order valence-corrected chi connectivity index (χ1v) is 2.56. The smallest absolute Gasteiger partial charge is 0.447 e. The molecule has 1 nitrogen and oxygen atoms in total. The maximum absolute atomic E-state index is 11.2. The fraction of sp³-hybridized carbons (Fsp3) is 1.00. The van der Waals surface area contributed by atoms with Gasteiger partial charge in [0.1, 0.15) is 6.61 Å². The molecule has 0 aromatic heterocycles. The van der Waals surface area contributed by atoms with Gasteiger partial charge in [0.05, 0.1) is 0 Å². The number of rotatable bonds is 3. The Labute approximate surface area is 58.4 Å². The van der Waals surface area contributed by atoms with Gasteiger partial charge in [-0.25, -0.2) is 0 Å². The van der Waals surface area contributed by atoms with Crippen molar-refractivity contribution in [3.8, 4) is 0 Å². The SMILES string of the molecule is F[B-](F)(F)COCC(F)(F)F. The molecule has 11 heavy (non-hydrogen) atoms. The fourth-order valence-corrected chi connectivity index (χ4v) is 0.308. The zero-order valence-corrected chi connectivity index (χ0v) is 5.17. The van der Waals surface area contributed by atoms with Crippen molar-refractivity contribution in [3.63, 3.8) is 0 Å². The lowest BCUT2D eigenvalue weighted by atomic mass is 9.95. The summed E-state index contributed by atoms with van der Waals surface area (Å²) in [5, 5.41) is 0. The van der Waals surface area contributed by atoms with Gasteiger partial charge in [-0.1, -0.05) is 0 Å². The van der Waals surface area contributed by atoms with Crippen LogP contribution in [0.5, 0.6) is 0 Å². The van der Waals surface area contributed by atoms with Gasteiger partial charge in [0.15, 0.2) is 0 Å². The molecule has 0 aliphatic carbocycles. The highest BCUT2D eigenvalue weighted by molar-refractivity contribution is 6.58. The lowest BCUT2D eigenvalue weighted by molar-refractivity contribution is -0.170. The summed E-state index contributed by atoms with van der Waals surface area (Å²) in [5.74, 6) is 0. The lowest BCUT2D eigenvalue weighted by Gasteiger charge is -2.14.